The number of piperazine rings is 1. The fraction of sp³-hybridized carbons (Fsp3) is 0.424. The van der Waals surface area contributed by atoms with Crippen molar-refractivity contribution in [3.63, 3.8) is 0 Å². The van der Waals surface area contributed by atoms with Crippen LogP contribution in [0.1, 0.15) is 54.4 Å². The number of methoxy groups -OCH3 is 1. The third-order valence-electron chi connectivity index (χ3n) is 8.80. The van der Waals surface area contributed by atoms with Gasteiger partial charge in [0.25, 0.3) is 5.92 Å². The molecule has 0 saturated carbocycles. The number of nitrogens with one attached hydrogen (secondary N) is 3. The van der Waals surface area contributed by atoms with Crippen LogP contribution in [0.15, 0.2) is 60.9 Å². The normalized spacial score (nSPS) is 21.8. The van der Waals surface area contributed by atoms with Crippen LogP contribution in [-0.4, -0.2) is 73.8 Å². The van der Waals surface area contributed by atoms with Gasteiger partial charge in [0, 0.05) is 72.2 Å². The summed E-state index contributed by atoms with van der Waals surface area (Å²) in [5.74, 6) is -5.66. The van der Waals surface area contributed by atoms with Gasteiger partial charge < -0.3 is 20.7 Å². The molecule has 0 aliphatic carbocycles. The van der Waals surface area contributed by atoms with E-state index in [1.807, 2.05) is 0 Å². The largest absolute Gasteiger partial charge is 0.453 e. The lowest BCUT2D eigenvalue weighted by atomic mass is 9.84. The van der Waals surface area contributed by atoms with Gasteiger partial charge in [0.2, 0.25) is 15.9 Å². The van der Waals surface area contributed by atoms with Crippen molar-refractivity contribution < 1.29 is 35.9 Å². The molecular formula is C33H37ClF3N5O5S. The van der Waals surface area contributed by atoms with E-state index in [1.54, 1.807) is 24.3 Å². The van der Waals surface area contributed by atoms with Gasteiger partial charge in [-0.1, -0.05) is 29.8 Å². The monoisotopic (exact) mass is 707 g/mol. The first-order chi connectivity index (χ1) is 22.8. The van der Waals surface area contributed by atoms with Gasteiger partial charge in [-0.05, 0) is 67.1 Å². The summed E-state index contributed by atoms with van der Waals surface area (Å²) >= 11 is 6.12. The number of halogens is 4. The number of anilines is 1. The minimum Gasteiger partial charge on any atom is -0.453 e. The Morgan fingerprint density at radius 1 is 1.17 bits per heavy atom. The summed E-state index contributed by atoms with van der Waals surface area (Å²) < 4.78 is 76.4. The molecule has 2 aliphatic heterocycles. The van der Waals surface area contributed by atoms with Crippen LogP contribution < -0.4 is 16.0 Å². The van der Waals surface area contributed by atoms with Crippen molar-refractivity contribution >= 4 is 39.3 Å². The molecule has 3 heterocycles. The molecule has 2 aliphatic rings. The smallest absolute Gasteiger partial charge is 0.407 e. The van der Waals surface area contributed by atoms with Crippen molar-refractivity contribution in [3.8, 4) is 0 Å². The molecule has 2 bridgehead atoms. The molecule has 5 rings (SSSR count). The molecule has 2 fully saturated rings. The van der Waals surface area contributed by atoms with Crippen molar-refractivity contribution in [1.82, 2.24) is 19.9 Å². The van der Waals surface area contributed by atoms with Gasteiger partial charge in [-0.25, -0.2) is 26.4 Å². The summed E-state index contributed by atoms with van der Waals surface area (Å²) in [6, 6.07) is 9.86. The minimum atomic E-state index is -3.47. The van der Waals surface area contributed by atoms with Crippen molar-refractivity contribution in [2.45, 2.75) is 62.6 Å². The lowest BCUT2D eigenvalue weighted by Crippen LogP contribution is -2.57. The Bertz CT molecular complexity index is 1740. The summed E-state index contributed by atoms with van der Waals surface area (Å²) in [6.45, 7) is 1.48. The van der Waals surface area contributed by atoms with E-state index in [1.165, 1.54) is 34.8 Å². The molecule has 0 spiro atoms. The van der Waals surface area contributed by atoms with E-state index < -0.39 is 57.3 Å². The topological polar surface area (TPSA) is 130 Å². The van der Waals surface area contributed by atoms with E-state index in [0.29, 0.717) is 30.1 Å². The first-order valence-electron chi connectivity index (χ1n) is 15.5. The van der Waals surface area contributed by atoms with Gasteiger partial charge in [-0.15, -0.1) is 0 Å². The number of benzene rings is 2. The number of hydrogen-bond acceptors (Lipinski definition) is 7. The summed E-state index contributed by atoms with van der Waals surface area (Å²) in [4.78, 5) is 30.7. The Morgan fingerprint density at radius 2 is 1.92 bits per heavy atom. The van der Waals surface area contributed by atoms with Gasteiger partial charge >= 0.3 is 6.09 Å². The Kier molecular flexibility index (Phi) is 11.0. The van der Waals surface area contributed by atoms with E-state index in [2.05, 4.69) is 20.9 Å². The molecule has 258 valence electrons. The quantitative estimate of drug-likeness (QED) is 0.265. The minimum absolute atomic E-state index is 0.0559. The predicted molar refractivity (Wildman–Crippen MR) is 175 cm³/mol. The number of ether oxygens (including phenoxy) is 1. The molecule has 0 radical (unpaired) electrons. The van der Waals surface area contributed by atoms with E-state index in [4.69, 9.17) is 16.3 Å². The van der Waals surface area contributed by atoms with Crippen molar-refractivity contribution in [1.29, 1.82) is 0 Å². The number of pyridine rings is 1. The maximum absolute atomic E-state index is 15.4. The van der Waals surface area contributed by atoms with Crippen LogP contribution in [0.25, 0.3) is 0 Å². The highest BCUT2D eigenvalue weighted by atomic mass is 35.5. The van der Waals surface area contributed by atoms with E-state index >= 15 is 4.39 Å². The highest BCUT2D eigenvalue weighted by molar-refractivity contribution is 7.89. The SMILES string of the molecule is COC(=O)N[C@H](C(=O)Nc1cccc(F)c1CCC1CNC2CCCS(=O)(=O)N1C2)[C@@H](c1ccc(Cl)cc1)c1cncc(C(C)(F)F)c1. The van der Waals surface area contributed by atoms with Crippen LogP contribution in [0, 0.1) is 5.82 Å². The van der Waals surface area contributed by atoms with E-state index in [9.17, 15) is 26.8 Å². The molecular weight excluding hydrogens is 671 g/mol. The first-order valence-corrected chi connectivity index (χ1v) is 17.5. The van der Waals surface area contributed by atoms with Crippen molar-refractivity contribution in [2.24, 2.45) is 0 Å². The third kappa shape index (κ3) is 8.28. The van der Waals surface area contributed by atoms with Crippen LogP contribution in [0.4, 0.5) is 23.7 Å². The Morgan fingerprint density at radius 3 is 2.62 bits per heavy atom. The summed E-state index contributed by atoms with van der Waals surface area (Å²) in [7, 11) is -2.36. The van der Waals surface area contributed by atoms with Crippen LogP contribution in [-0.2, 0) is 31.9 Å². The fourth-order valence-corrected chi connectivity index (χ4v) is 8.23. The maximum atomic E-state index is 15.4. The zero-order valence-electron chi connectivity index (χ0n) is 26.4. The Hall–Kier alpha value is -3.72. The number of fused-ring (bicyclic) bond motifs is 2. The van der Waals surface area contributed by atoms with Crippen LogP contribution in [0.2, 0.25) is 5.02 Å². The molecule has 3 unspecified atom stereocenters. The van der Waals surface area contributed by atoms with Crippen LogP contribution in [0.5, 0.6) is 0 Å². The molecule has 5 atom stereocenters. The standard InChI is InChI=1S/C33H37ClF3N5O5S/c1-33(36,37)22-15-21(16-38-17-22)29(20-8-10-23(34)11-9-20)30(41-32(44)47-2)31(43)40-28-7-3-6-27(35)26(28)13-12-25-18-39-24-5-4-14-48(45,46)42(25)19-24/h3,6-11,15-17,24-25,29-30,39H,4-5,12-14,18-19H2,1-2H3,(H,40,43)(H,41,44)/t24?,25?,29-,30-/m0/s1. The molecule has 48 heavy (non-hydrogen) atoms. The number of sulfonamides is 1. The zero-order chi connectivity index (χ0) is 34.6. The number of alkyl halides is 2. The second-order valence-electron chi connectivity index (χ2n) is 12.1. The number of carbonyl (C=O) groups is 2. The zero-order valence-corrected chi connectivity index (χ0v) is 28.0. The second kappa shape index (κ2) is 14.8. The molecule has 2 amide bonds. The number of nitrogens with zero attached hydrogens (tertiary/aromatic N) is 2. The lowest BCUT2D eigenvalue weighted by molar-refractivity contribution is -0.118. The van der Waals surface area contributed by atoms with E-state index in [-0.39, 0.29) is 41.5 Å². The number of aromatic nitrogens is 1. The lowest BCUT2D eigenvalue weighted by Gasteiger charge is -2.37. The molecule has 10 nitrogen and oxygen atoms in total. The predicted octanol–water partition coefficient (Wildman–Crippen LogP) is 5.18. The van der Waals surface area contributed by atoms with Gasteiger partial charge in [0.15, 0.2) is 0 Å². The highest BCUT2D eigenvalue weighted by Crippen LogP contribution is 2.34. The second-order valence-corrected chi connectivity index (χ2v) is 14.6. The number of amides is 2. The van der Waals surface area contributed by atoms with Gasteiger partial charge in [-0.3, -0.25) is 9.78 Å². The molecule has 2 saturated heterocycles. The van der Waals surface area contributed by atoms with Crippen LogP contribution in [0.3, 0.4) is 0 Å². The van der Waals surface area contributed by atoms with Crippen molar-refractivity contribution in [3.05, 3.63) is 94.0 Å². The Labute approximate surface area is 282 Å². The van der Waals surface area contributed by atoms with Gasteiger partial charge in [0.05, 0.1) is 12.9 Å². The number of carbonyl (C=O) groups excluding carboxylic acids is 2. The molecule has 2 aromatic carbocycles. The van der Waals surface area contributed by atoms with Gasteiger partial charge in [0.1, 0.15) is 11.9 Å². The maximum Gasteiger partial charge on any atom is 0.407 e. The summed E-state index contributed by atoms with van der Waals surface area (Å²) in [5, 5.41) is 9.01. The summed E-state index contributed by atoms with van der Waals surface area (Å²) in [5.41, 5.74) is 0.483. The number of rotatable bonds is 10. The molecule has 3 N–H and O–H groups in total. The van der Waals surface area contributed by atoms with Crippen molar-refractivity contribution in [2.75, 3.05) is 31.3 Å². The number of alkyl carbamates (subject to hydrolysis) is 1. The summed E-state index contributed by atoms with van der Waals surface area (Å²) in [6.07, 6.45) is 3.06. The number of hydrogen-bond donors (Lipinski definition) is 3. The van der Waals surface area contributed by atoms with E-state index in [0.717, 1.165) is 26.7 Å². The molecule has 3 aromatic rings. The Balaban J connectivity index is 1.47. The average molecular weight is 708 g/mol. The molecule has 1 aromatic heterocycles. The third-order valence-corrected chi connectivity index (χ3v) is 11.0. The van der Waals surface area contributed by atoms with Gasteiger partial charge in [-0.2, -0.15) is 4.31 Å². The average Bonchev–Trinajstić information content (AvgIpc) is 3.16. The fourth-order valence-electron chi connectivity index (χ4n) is 6.30. The highest BCUT2D eigenvalue weighted by Gasteiger charge is 2.39. The van der Waals surface area contributed by atoms with Crippen LogP contribution >= 0.6 is 11.6 Å². The first kappa shape index (κ1) is 35.6. The molecule has 15 heteroatoms.